The van der Waals surface area contributed by atoms with Crippen LogP contribution in [0, 0.1) is 5.82 Å². The second kappa shape index (κ2) is 7.75. The lowest BCUT2D eigenvalue weighted by Gasteiger charge is -2.22. The van der Waals surface area contributed by atoms with Gasteiger partial charge in [-0.05, 0) is 17.2 Å². The van der Waals surface area contributed by atoms with E-state index in [-0.39, 0.29) is 24.1 Å². The fraction of sp³-hybridized carbons (Fsp3) is 0.200. The maximum absolute atomic E-state index is 14.3. The second-order valence-corrected chi connectivity index (χ2v) is 5.93. The average molecular weight is 338 g/mol. The van der Waals surface area contributed by atoms with Crippen LogP contribution in [0.3, 0.4) is 0 Å². The molecule has 0 fully saturated rings. The van der Waals surface area contributed by atoms with Crippen molar-refractivity contribution in [3.05, 3.63) is 89.6 Å². The van der Waals surface area contributed by atoms with Gasteiger partial charge in [-0.15, -0.1) is 0 Å². The Morgan fingerprint density at radius 3 is 2.52 bits per heavy atom. The first-order chi connectivity index (χ1) is 12.1. The molecule has 0 aliphatic rings. The van der Waals surface area contributed by atoms with Crippen LogP contribution in [0.5, 0.6) is 0 Å². The molecule has 1 aromatic heterocycles. The zero-order valence-electron chi connectivity index (χ0n) is 13.9. The molecule has 25 heavy (non-hydrogen) atoms. The smallest absolute Gasteiger partial charge is 0.223 e. The Balaban J connectivity index is 1.83. The summed E-state index contributed by atoms with van der Waals surface area (Å²) in [4.78, 5) is 14.3. The molecule has 1 amide bonds. The summed E-state index contributed by atoms with van der Waals surface area (Å²) in [5.41, 5.74) is 2.12. The third-order valence-corrected chi connectivity index (χ3v) is 4.18. The Morgan fingerprint density at radius 2 is 1.84 bits per heavy atom. The van der Waals surface area contributed by atoms with Crippen LogP contribution in [0.1, 0.15) is 29.2 Å². The number of nitrogens with zero attached hydrogens (tertiary/aromatic N) is 2. The Hall–Kier alpha value is -2.95. The Labute approximate surface area is 145 Å². The topological polar surface area (TPSA) is 46.3 Å². The molecule has 4 nitrogen and oxygen atoms in total. The van der Waals surface area contributed by atoms with Gasteiger partial charge in [-0.1, -0.05) is 53.7 Å². The SMILES string of the molecule is CN(Cc1ccon1)C(=O)C[C@@H](c1ccccc1)c1ccccc1F. The number of rotatable bonds is 6. The summed E-state index contributed by atoms with van der Waals surface area (Å²) in [7, 11) is 1.71. The van der Waals surface area contributed by atoms with Gasteiger partial charge in [0, 0.05) is 25.5 Å². The van der Waals surface area contributed by atoms with Crippen LogP contribution in [0.2, 0.25) is 0 Å². The van der Waals surface area contributed by atoms with Crippen molar-refractivity contribution in [1.82, 2.24) is 10.1 Å². The van der Waals surface area contributed by atoms with Gasteiger partial charge in [0.1, 0.15) is 17.8 Å². The van der Waals surface area contributed by atoms with Gasteiger partial charge in [-0.3, -0.25) is 4.79 Å². The molecule has 5 heteroatoms. The maximum Gasteiger partial charge on any atom is 0.223 e. The summed E-state index contributed by atoms with van der Waals surface area (Å²) >= 11 is 0. The van der Waals surface area contributed by atoms with E-state index < -0.39 is 0 Å². The van der Waals surface area contributed by atoms with E-state index in [4.69, 9.17) is 4.52 Å². The van der Waals surface area contributed by atoms with Crippen molar-refractivity contribution in [1.29, 1.82) is 0 Å². The summed E-state index contributed by atoms with van der Waals surface area (Å²) in [6.07, 6.45) is 1.65. The van der Waals surface area contributed by atoms with Crippen molar-refractivity contribution in [2.24, 2.45) is 0 Å². The predicted octanol–water partition coefficient (Wildman–Crippen LogP) is 3.99. The summed E-state index contributed by atoms with van der Waals surface area (Å²) in [6, 6.07) is 17.9. The molecule has 0 aliphatic carbocycles. The molecule has 2 aromatic carbocycles. The van der Waals surface area contributed by atoms with Crippen molar-refractivity contribution in [3.63, 3.8) is 0 Å². The number of amides is 1. The molecule has 1 heterocycles. The normalized spacial score (nSPS) is 11.9. The molecule has 0 aliphatic heterocycles. The summed E-state index contributed by atoms with van der Waals surface area (Å²) in [6.45, 7) is 0.355. The molecule has 0 unspecified atom stereocenters. The first-order valence-corrected chi connectivity index (χ1v) is 8.07. The highest BCUT2D eigenvalue weighted by Crippen LogP contribution is 2.30. The zero-order valence-corrected chi connectivity index (χ0v) is 13.9. The Morgan fingerprint density at radius 1 is 1.12 bits per heavy atom. The molecule has 0 bridgehead atoms. The van der Waals surface area contributed by atoms with Gasteiger partial charge >= 0.3 is 0 Å². The lowest BCUT2D eigenvalue weighted by atomic mass is 9.88. The number of carbonyl (C=O) groups excluding carboxylic acids is 1. The Bertz CT molecular complexity index is 819. The van der Waals surface area contributed by atoms with Crippen LogP contribution < -0.4 is 0 Å². The minimum atomic E-state index is -0.338. The van der Waals surface area contributed by atoms with Crippen molar-refractivity contribution in [3.8, 4) is 0 Å². The predicted molar refractivity (Wildman–Crippen MR) is 92.3 cm³/mol. The quantitative estimate of drug-likeness (QED) is 0.682. The molecule has 0 saturated heterocycles. The lowest BCUT2D eigenvalue weighted by molar-refractivity contribution is -0.130. The summed E-state index contributed by atoms with van der Waals surface area (Å²) in [5, 5.41) is 3.82. The van der Waals surface area contributed by atoms with E-state index in [0.29, 0.717) is 17.8 Å². The van der Waals surface area contributed by atoms with Gasteiger partial charge in [-0.25, -0.2) is 4.39 Å². The van der Waals surface area contributed by atoms with Crippen LogP contribution in [0.15, 0.2) is 71.4 Å². The summed E-state index contributed by atoms with van der Waals surface area (Å²) in [5.74, 6) is -0.724. The minimum Gasteiger partial charge on any atom is -0.364 e. The first kappa shape index (κ1) is 16.9. The van der Waals surface area contributed by atoms with E-state index in [2.05, 4.69) is 5.16 Å². The van der Waals surface area contributed by atoms with E-state index in [1.165, 1.54) is 12.3 Å². The number of aromatic nitrogens is 1. The van der Waals surface area contributed by atoms with Gasteiger partial charge in [-0.2, -0.15) is 0 Å². The van der Waals surface area contributed by atoms with Gasteiger partial charge in [0.15, 0.2) is 0 Å². The Kier molecular flexibility index (Phi) is 5.23. The number of hydrogen-bond acceptors (Lipinski definition) is 3. The van der Waals surface area contributed by atoms with Gasteiger partial charge in [0.05, 0.1) is 6.54 Å². The van der Waals surface area contributed by atoms with E-state index >= 15 is 0 Å². The van der Waals surface area contributed by atoms with Crippen LogP contribution in [0.4, 0.5) is 4.39 Å². The number of hydrogen-bond donors (Lipinski definition) is 0. The molecule has 3 rings (SSSR count). The van der Waals surface area contributed by atoms with E-state index in [9.17, 15) is 9.18 Å². The highest BCUT2D eigenvalue weighted by Gasteiger charge is 2.23. The molecule has 0 spiro atoms. The molecular formula is C20H19FN2O2. The summed E-state index contributed by atoms with van der Waals surface area (Å²) < 4.78 is 19.1. The third kappa shape index (κ3) is 4.12. The van der Waals surface area contributed by atoms with Gasteiger partial charge in [0.25, 0.3) is 0 Å². The molecular weight excluding hydrogens is 319 g/mol. The van der Waals surface area contributed by atoms with Crippen molar-refractivity contribution in [2.75, 3.05) is 7.05 Å². The van der Waals surface area contributed by atoms with E-state index in [1.807, 2.05) is 30.3 Å². The minimum absolute atomic E-state index is 0.0832. The van der Waals surface area contributed by atoms with Crippen LogP contribution in [-0.2, 0) is 11.3 Å². The maximum atomic E-state index is 14.3. The van der Waals surface area contributed by atoms with E-state index in [0.717, 1.165) is 5.56 Å². The molecule has 1 atom stereocenters. The third-order valence-electron chi connectivity index (χ3n) is 4.18. The van der Waals surface area contributed by atoms with E-state index in [1.54, 1.807) is 36.2 Å². The van der Waals surface area contributed by atoms with Crippen LogP contribution in [-0.4, -0.2) is 23.0 Å². The lowest BCUT2D eigenvalue weighted by Crippen LogP contribution is -2.28. The fourth-order valence-corrected chi connectivity index (χ4v) is 2.83. The molecule has 3 aromatic rings. The molecule has 0 saturated carbocycles. The second-order valence-electron chi connectivity index (χ2n) is 5.93. The van der Waals surface area contributed by atoms with Gasteiger partial charge in [0.2, 0.25) is 5.91 Å². The fourth-order valence-electron chi connectivity index (χ4n) is 2.83. The van der Waals surface area contributed by atoms with Crippen LogP contribution in [0.25, 0.3) is 0 Å². The average Bonchev–Trinajstić information content (AvgIpc) is 3.14. The van der Waals surface area contributed by atoms with Crippen LogP contribution >= 0.6 is 0 Å². The largest absolute Gasteiger partial charge is 0.364 e. The monoisotopic (exact) mass is 338 g/mol. The van der Waals surface area contributed by atoms with Gasteiger partial charge < -0.3 is 9.42 Å². The highest BCUT2D eigenvalue weighted by molar-refractivity contribution is 5.77. The highest BCUT2D eigenvalue weighted by atomic mass is 19.1. The molecule has 128 valence electrons. The molecule has 0 radical (unpaired) electrons. The zero-order chi connectivity index (χ0) is 17.6. The number of carbonyl (C=O) groups is 1. The van der Waals surface area contributed by atoms with Crippen molar-refractivity contribution in [2.45, 2.75) is 18.9 Å². The first-order valence-electron chi connectivity index (χ1n) is 8.07. The number of halogens is 1. The van der Waals surface area contributed by atoms with Crippen molar-refractivity contribution < 1.29 is 13.7 Å². The standard InChI is InChI=1S/C20H19FN2O2/c1-23(14-16-11-12-25-22-16)20(24)13-18(15-7-3-2-4-8-15)17-9-5-6-10-19(17)21/h2-12,18H,13-14H2,1H3/t18-/m0/s1. The molecule has 0 N–H and O–H groups in total. The number of benzene rings is 2. The van der Waals surface area contributed by atoms with Crippen molar-refractivity contribution >= 4 is 5.91 Å².